The van der Waals surface area contributed by atoms with Gasteiger partial charge >= 0.3 is 0 Å². The normalized spacial score (nSPS) is 23.2. The van der Waals surface area contributed by atoms with E-state index in [2.05, 4.69) is 46.7 Å². The summed E-state index contributed by atoms with van der Waals surface area (Å²) in [6.07, 6.45) is 1.78. The van der Waals surface area contributed by atoms with Crippen LogP contribution in [0.25, 0.3) is 11.3 Å². The van der Waals surface area contributed by atoms with Crippen molar-refractivity contribution in [2.75, 3.05) is 16.8 Å². The highest BCUT2D eigenvalue weighted by molar-refractivity contribution is 7.99. The average molecular weight is 259 g/mol. The van der Waals surface area contributed by atoms with Crippen molar-refractivity contribution in [3.05, 3.63) is 36.5 Å². The first-order valence-electron chi connectivity index (χ1n) is 6.27. The Morgan fingerprint density at radius 2 is 2.06 bits per heavy atom. The molecule has 0 bridgehead atoms. The largest absolute Gasteiger partial charge is 0.381 e. The van der Waals surface area contributed by atoms with Crippen molar-refractivity contribution >= 4 is 17.4 Å². The maximum Gasteiger partial charge on any atom is 0.0650 e. The summed E-state index contributed by atoms with van der Waals surface area (Å²) in [5.74, 6) is 3.23. The molecule has 1 aliphatic heterocycles. The summed E-state index contributed by atoms with van der Waals surface area (Å²) in [6.45, 7) is 2.32. The third-order valence-corrected chi connectivity index (χ3v) is 4.77. The predicted octanol–water partition coefficient (Wildman–Crippen LogP) is 3.24. The summed E-state index contributed by atoms with van der Waals surface area (Å²) in [5.41, 5.74) is 3.44. The van der Waals surface area contributed by atoms with E-state index >= 15 is 0 Å². The van der Waals surface area contributed by atoms with E-state index < -0.39 is 0 Å². The molecule has 0 radical (unpaired) electrons. The van der Waals surface area contributed by atoms with Crippen molar-refractivity contribution in [3.8, 4) is 11.3 Å². The molecule has 0 aliphatic carbocycles. The summed E-state index contributed by atoms with van der Waals surface area (Å²) in [6, 6.07) is 11.1. The Bertz CT molecular complexity index is 492. The van der Waals surface area contributed by atoms with Crippen LogP contribution in [0.15, 0.2) is 36.5 Å². The molecule has 1 aliphatic rings. The van der Waals surface area contributed by atoms with E-state index in [1.807, 2.05) is 17.8 Å². The van der Waals surface area contributed by atoms with E-state index in [1.165, 1.54) is 22.8 Å². The Morgan fingerprint density at radius 1 is 1.22 bits per heavy atom. The van der Waals surface area contributed by atoms with Gasteiger partial charge in [-0.3, -0.25) is 5.10 Å². The van der Waals surface area contributed by atoms with Crippen LogP contribution in [0.3, 0.4) is 0 Å². The Balaban J connectivity index is 1.71. The molecule has 2 heterocycles. The van der Waals surface area contributed by atoms with Crippen molar-refractivity contribution in [2.45, 2.75) is 13.0 Å². The monoisotopic (exact) mass is 259 g/mol. The Labute approximate surface area is 111 Å². The van der Waals surface area contributed by atoms with Crippen molar-refractivity contribution in [2.24, 2.45) is 5.92 Å². The second-order valence-corrected chi connectivity index (χ2v) is 5.89. The number of aromatic amines is 1. The molecule has 3 rings (SSSR count). The van der Waals surface area contributed by atoms with Crippen LogP contribution >= 0.6 is 11.8 Å². The van der Waals surface area contributed by atoms with Crippen molar-refractivity contribution < 1.29 is 0 Å². The molecule has 2 unspecified atom stereocenters. The van der Waals surface area contributed by atoms with Gasteiger partial charge in [0.15, 0.2) is 0 Å². The van der Waals surface area contributed by atoms with E-state index in [9.17, 15) is 0 Å². The maximum atomic E-state index is 3.97. The number of nitrogens with one attached hydrogen (secondary N) is 2. The van der Waals surface area contributed by atoms with E-state index in [-0.39, 0.29) is 0 Å². The van der Waals surface area contributed by atoms with Gasteiger partial charge in [-0.15, -0.1) is 0 Å². The van der Waals surface area contributed by atoms with Gasteiger partial charge in [0.2, 0.25) is 0 Å². The first kappa shape index (κ1) is 11.7. The SMILES string of the molecule is CC1CSCC1Nc1ccc(-c2ccn[nH]2)cc1. The molecule has 18 heavy (non-hydrogen) atoms. The molecule has 94 valence electrons. The standard InChI is InChI=1S/C14H17N3S/c1-10-8-18-9-14(10)16-12-4-2-11(3-5-12)13-6-7-15-17-13/h2-7,10,14,16H,8-9H2,1H3,(H,15,17). The number of aromatic nitrogens is 2. The Morgan fingerprint density at radius 3 is 2.67 bits per heavy atom. The molecular formula is C14H17N3S. The van der Waals surface area contributed by atoms with Gasteiger partial charge in [-0.2, -0.15) is 16.9 Å². The van der Waals surface area contributed by atoms with Crippen LogP contribution in [0, 0.1) is 5.92 Å². The molecule has 1 saturated heterocycles. The minimum Gasteiger partial charge on any atom is -0.381 e. The highest BCUT2D eigenvalue weighted by Gasteiger charge is 2.23. The molecule has 4 heteroatoms. The minimum atomic E-state index is 0.605. The smallest absolute Gasteiger partial charge is 0.0650 e. The van der Waals surface area contributed by atoms with Gasteiger partial charge in [0.05, 0.1) is 5.69 Å². The molecule has 0 amide bonds. The van der Waals surface area contributed by atoms with Crippen molar-refractivity contribution in [1.82, 2.24) is 10.2 Å². The van der Waals surface area contributed by atoms with Crippen LogP contribution in [0.4, 0.5) is 5.69 Å². The number of hydrogen-bond acceptors (Lipinski definition) is 3. The zero-order valence-electron chi connectivity index (χ0n) is 10.4. The maximum absolute atomic E-state index is 3.97. The Hall–Kier alpha value is -1.42. The van der Waals surface area contributed by atoms with E-state index in [4.69, 9.17) is 0 Å². The number of rotatable bonds is 3. The topological polar surface area (TPSA) is 40.7 Å². The van der Waals surface area contributed by atoms with Gasteiger partial charge in [0, 0.05) is 23.7 Å². The van der Waals surface area contributed by atoms with Crippen LogP contribution in [-0.4, -0.2) is 27.7 Å². The highest BCUT2D eigenvalue weighted by Crippen LogP contribution is 2.27. The fraction of sp³-hybridized carbons (Fsp3) is 0.357. The summed E-state index contributed by atoms with van der Waals surface area (Å²) < 4.78 is 0. The third-order valence-electron chi connectivity index (χ3n) is 3.41. The van der Waals surface area contributed by atoms with Crippen LogP contribution in [0.1, 0.15) is 6.92 Å². The van der Waals surface area contributed by atoms with E-state index in [0.717, 1.165) is 11.6 Å². The van der Waals surface area contributed by atoms with Gasteiger partial charge in [0.25, 0.3) is 0 Å². The van der Waals surface area contributed by atoms with Crippen LogP contribution in [-0.2, 0) is 0 Å². The predicted molar refractivity (Wildman–Crippen MR) is 77.9 cm³/mol. The van der Waals surface area contributed by atoms with Gasteiger partial charge in [0.1, 0.15) is 0 Å². The zero-order chi connectivity index (χ0) is 12.4. The molecule has 2 atom stereocenters. The van der Waals surface area contributed by atoms with Crippen LogP contribution < -0.4 is 5.32 Å². The van der Waals surface area contributed by atoms with E-state index in [1.54, 1.807) is 6.20 Å². The molecule has 1 aromatic heterocycles. The number of benzene rings is 1. The zero-order valence-corrected chi connectivity index (χ0v) is 11.2. The summed E-state index contributed by atoms with van der Waals surface area (Å²) in [4.78, 5) is 0. The lowest BCUT2D eigenvalue weighted by atomic mass is 10.1. The number of hydrogen-bond donors (Lipinski definition) is 2. The first-order valence-corrected chi connectivity index (χ1v) is 7.42. The highest BCUT2D eigenvalue weighted by atomic mass is 32.2. The molecule has 3 nitrogen and oxygen atoms in total. The fourth-order valence-electron chi connectivity index (χ4n) is 2.22. The van der Waals surface area contributed by atoms with Gasteiger partial charge in [-0.05, 0) is 35.4 Å². The number of nitrogens with zero attached hydrogens (tertiary/aromatic N) is 1. The Kier molecular flexibility index (Phi) is 3.28. The van der Waals surface area contributed by atoms with Gasteiger partial charge in [-0.1, -0.05) is 19.1 Å². The second-order valence-electron chi connectivity index (χ2n) is 4.81. The molecular weight excluding hydrogens is 242 g/mol. The lowest BCUT2D eigenvalue weighted by molar-refractivity contribution is 0.599. The number of anilines is 1. The molecule has 0 saturated carbocycles. The molecule has 1 aromatic carbocycles. The van der Waals surface area contributed by atoms with Crippen LogP contribution in [0.2, 0.25) is 0 Å². The minimum absolute atomic E-state index is 0.605. The molecule has 2 N–H and O–H groups in total. The van der Waals surface area contributed by atoms with E-state index in [0.29, 0.717) is 6.04 Å². The summed E-state index contributed by atoms with van der Waals surface area (Å²) in [5, 5.41) is 10.6. The number of thioether (sulfide) groups is 1. The quantitative estimate of drug-likeness (QED) is 0.889. The lowest BCUT2D eigenvalue weighted by Crippen LogP contribution is -2.25. The van der Waals surface area contributed by atoms with Gasteiger partial charge < -0.3 is 5.32 Å². The third kappa shape index (κ3) is 2.38. The average Bonchev–Trinajstić information content (AvgIpc) is 3.03. The molecule has 1 fully saturated rings. The number of H-pyrrole nitrogens is 1. The van der Waals surface area contributed by atoms with Crippen molar-refractivity contribution in [1.29, 1.82) is 0 Å². The van der Waals surface area contributed by atoms with Crippen molar-refractivity contribution in [3.63, 3.8) is 0 Å². The molecule has 2 aromatic rings. The lowest BCUT2D eigenvalue weighted by Gasteiger charge is -2.17. The second kappa shape index (κ2) is 5.06. The summed E-state index contributed by atoms with van der Waals surface area (Å²) in [7, 11) is 0. The van der Waals surface area contributed by atoms with Crippen LogP contribution in [0.5, 0.6) is 0 Å². The van der Waals surface area contributed by atoms with Gasteiger partial charge in [-0.25, -0.2) is 0 Å². The first-order chi connectivity index (χ1) is 8.83. The fourth-order valence-corrected chi connectivity index (χ4v) is 3.63. The summed E-state index contributed by atoms with van der Waals surface area (Å²) >= 11 is 2.03. The molecule has 0 spiro atoms.